The normalized spacial score (nSPS) is 14.5. The largest absolute Gasteiger partial charge is 0.348 e. The van der Waals surface area contributed by atoms with Crippen LogP contribution < -0.4 is 10.3 Å². The fourth-order valence-electron chi connectivity index (χ4n) is 3.71. The third-order valence-corrected chi connectivity index (χ3v) is 7.16. The van der Waals surface area contributed by atoms with E-state index in [0.29, 0.717) is 0 Å². The first-order valence-electron chi connectivity index (χ1n) is 10.3. The zero-order valence-electron chi connectivity index (χ0n) is 16.9. The summed E-state index contributed by atoms with van der Waals surface area (Å²) in [6.07, 6.45) is 7.08. The highest BCUT2D eigenvalue weighted by atomic mass is 32.1. The van der Waals surface area contributed by atoms with E-state index in [1.165, 1.54) is 19.3 Å². The Bertz CT molecular complexity index is 1200. The highest BCUT2D eigenvalue weighted by molar-refractivity contribution is 7.18. The van der Waals surface area contributed by atoms with Crippen LogP contribution >= 0.6 is 22.7 Å². The molecule has 1 N–H and O–H groups in total. The molecule has 7 nitrogen and oxygen atoms in total. The molecule has 1 aromatic carbocycles. The minimum atomic E-state index is -0.196. The van der Waals surface area contributed by atoms with Gasteiger partial charge in [0.25, 0.3) is 5.91 Å². The topological polar surface area (TPSA) is 75.4 Å². The SMILES string of the molecule is O=C(Cn1cnc2ccccc21)N/N=C/c1sc(N2CCCCC2)nc1-c1cccs1. The van der Waals surface area contributed by atoms with Crippen molar-refractivity contribution in [2.24, 2.45) is 5.10 Å². The molecule has 1 fully saturated rings. The number of hydrogen-bond donors (Lipinski definition) is 1. The van der Waals surface area contributed by atoms with Gasteiger partial charge in [0.2, 0.25) is 0 Å². The molecule has 1 aliphatic heterocycles. The molecule has 1 aliphatic rings. The van der Waals surface area contributed by atoms with Crippen molar-refractivity contribution in [2.45, 2.75) is 25.8 Å². The van der Waals surface area contributed by atoms with Crippen molar-refractivity contribution in [3.05, 3.63) is 53.0 Å². The van der Waals surface area contributed by atoms with Crippen LogP contribution in [0.1, 0.15) is 24.1 Å². The molecular weight excluding hydrogens is 428 g/mol. The van der Waals surface area contributed by atoms with E-state index in [9.17, 15) is 4.79 Å². The number of amides is 1. The van der Waals surface area contributed by atoms with Crippen molar-refractivity contribution >= 4 is 51.0 Å². The Morgan fingerprint density at radius 3 is 2.87 bits per heavy atom. The second kappa shape index (κ2) is 8.99. The summed E-state index contributed by atoms with van der Waals surface area (Å²) in [4.78, 5) is 26.1. The number of hydrazone groups is 1. The van der Waals surface area contributed by atoms with Crippen molar-refractivity contribution in [1.82, 2.24) is 20.0 Å². The summed E-state index contributed by atoms with van der Waals surface area (Å²) >= 11 is 3.29. The summed E-state index contributed by atoms with van der Waals surface area (Å²) in [5.74, 6) is -0.196. The quantitative estimate of drug-likeness (QED) is 0.350. The zero-order valence-corrected chi connectivity index (χ0v) is 18.5. The Labute approximate surface area is 188 Å². The number of carbonyl (C=O) groups excluding carboxylic acids is 1. The van der Waals surface area contributed by atoms with E-state index in [1.807, 2.05) is 40.3 Å². The first-order chi connectivity index (χ1) is 15.3. The van der Waals surface area contributed by atoms with Gasteiger partial charge in [-0.15, -0.1) is 11.3 Å². The van der Waals surface area contributed by atoms with Gasteiger partial charge in [0.05, 0.1) is 33.3 Å². The number of carbonyl (C=O) groups is 1. The van der Waals surface area contributed by atoms with Gasteiger partial charge in [-0.3, -0.25) is 4.79 Å². The van der Waals surface area contributed by atoms with Gasteiger partial charge in [0.1, 0.15) is 12.2 Å². The summed E-state index contributed by atoms with van der Waals surface area (Å²) in [6.45, 7) is 2.25. The molecule has 3 aromatic heterocycles. The molecule has 0 aliphatic carbocycles. The fraction of sp³-hybridized carbons (Fsp3) is 0.273. The van der Waals surface area contributed by atoms with E-state index in [-0.39, 0.29) is 12.5 Å². The van der Waals surface area contributed by atoms with Gasteiger partial charge < -0.3 is 9.47 Å². The average molecular weight is 451 g/mol. The molecule has 9 heteroatoms. The first-order valence-corrected chi connectivity index (χ1v) is 12.0. The fourth-order valence-corrected chi connectivity index (χ4v) is 5.50. The third-order valence-electron chi connectivity index (χ3n) is 5.24. The van der Waals surface area contributed by atoms with Crippen LogP contribution in [0.25, 0.3) is 21.6 Å². The molecule has 4 heterocycles. The second-order valence-electron chi connectivity index (χ2n) is 7.39. The smallest absolute Gasteiger partial charge is 0.260 e. The lowest BCUT2D eigenvalue weighted by Gasteiger charge is -2.25. The van der Waals surface area contributed by atoms with Crippen LogP contribution in [0.2, 0.25) is 0 Å². The molecule has 0 atom stereocenters. The van der Waals surface area contributed by atoms with E-state index in [1.54, 1.807) is 35.2 Å². The van der Waals surface area contributed by atoms with E-state index in [4.69, 9.17) is 4.98 Å². The molecule has 158 valence electrons. The maximum Gasteiger partial charge on any atom is 0.260 e. The second-order valence-corrected chi connectivity index (χ2v) is 9.35. The minimum absolute atomic E-state index is 0.164. The minimum Gasteiger partial charge on any atom is -0.348 e. The van der Waals surface area contributed by atoms with Gasteiger partial charge in [-0.2, -0.15) is 5.10 Å². The van der Waals surface area contributed by atoms with Crippen LogP contribution in [0, 0.1) is 0 Å². The van der Waals surface area contributed by atoms with Crippen molar-refractivity contribution in [1.29, 1.82) is 0 Å². The number of piperidine rings is 1. The highest BCUT2D eigenvalue weighted by Gasteiger charge is 2.19. The lowest BCUT2D eigenvalue weighted by molar-refractivity contribution is -0.121. The van der Waals surface area contributed by atoms with Gasteiger partial charge >= 0.3 is 0 Å². The number of thiazole rings is 1. The monoisotopic (exact) mass is 450 g/mol. The predicted octanol–water partition coefficient (Wildman–Crippen LogP) is 4.36. The highest BCUT2D eigenvalue weighted by Crippen LogP contribution is 2.35. The molecule has 0 unspecified atom stereocenters. The van der Waals surface area contributed by atoms with Crippen molar-refractivity contribution < 1.29 is 4.79 Å². The number of imidazole rings is 1. The molecule has 0 saturated carbocycles. The standard InChI is InChI=1S/C22H22N6OS2/c29-20(14-28-15-23-16-7-2-3-8-17(16)28)26-24-13-19-21(18-9-6-12-30-18)25-22(31-19)27-10-4-1-5-11-27/h2-3,6-9,12-13,15H,1,4-5,10-11,14H2,(H,26,29)/b24-13+. The maximum absolute atomic E-state index is 12.4. The molecule has 31 heavy (non-hydrogen) atoms. The Kier molecular flexibility index (Phi) is 5.77. The Hall–Kier alpha value is -3.04. The van der Waals surface area contributed by atoms with Crippen LogP contribution in [-0.4, -0.2) is 39.7 Å². The van der Waals surface area contributed by atoms with Crippen LogP contribution in [0.15, 0.2) is 53.2 Å². The summed E-state index contributed by atoms with van der Waals surface area (Å²) in [5.41, 5.74) is 5.37. The number of nitrogens with one attached hydrogen (secondary N) is 1. The van der Waals surface area contributed by atoms with E-state index < -0.39 is 0 Å². The summed E-state index contributed by atoms with van der Waals surface area (Å²) in [6, 6.07) is 11.8. The molecule has 1 saturated heterocycles. The molecule has 0 radical (unpaired) electrons. The van der Waals surface area contributed by atoms with Crippen LogP contribution in [0.3, 0.4) is 0 Å². The van der Waals surface area contributed by atoms with E-state index >= 15 is 0 Å². The number of nitrogens with zero attached hydrogens (tertiary/aromatic N) is 5. The molecule has 0 bridgehead atoms. The first kappa shape index (κ1) is 19.9. The zero-order chi connectivity index (χ0) is 21.0. The number of benzene rings is 1. The predicted molar refractivity (Wildman–Crippen MR) is 127 cm³/mol. The third kappa shape index (κ3) is 4.38. The number of para-hydroxylation sites is 2. The lowest BCUT2D eigenvalue weighted by Crippen LogP contribution is -2.29. The van der Waals surface area contributed by atoms with Crippen molar-refractivity contribution in [2.75, 3.05) is 18.0 Å². The van der Waals surface area contributed by atoms with Crippen LogP contribution in [0.4, 0.5) is 5.13 Å². The van der Waals surface area contributed by atoms with Crippen LogP contribution in [-0.2, 0) is 11.3 Å². The Morgan fingerprint density at radius 1 is 1.16 bits per heavy atom. The number of hydrogen-bond acceptors (Lipinski definition) is 7. The maximum atomic E-state index is 12.4. The average Bonchev–Trinajstić information content (AvgIpc) is 3.55. The van der Waals surface area contributed by atoms with E-state index in [0.717, 1.165) is 44.7 Å². The molecule has 1 amide bonds. The molecule has 4 aromatic rings. The summed E-state index contributed by atoms with van der Waals surface area (Å²) in [5, 5.41) is 7.31. The molecular formula is C22H22N6OS2. The number of fused-ring (bicyclic) bond motifs is 1. The van der Waals surface area contributed by atoms with E-state index in [2.05, 4.69) is 26.5 Å². The van der Waals surface area contributed by atoms with Crippen LogP contribution in [0.5, 0.6) is 0 Å². The Balaban J connectivity index is 1.31. The lowest BCUT2D eigenvalue weighted by atomic mass is 10.1. The van der Waals surface area contributed by atoms with Gasteiger partial charge in [-0.1, -0.05) is 29.5 Å². The van der Waals surface area contributed by atoms with Gasteiger partial charge in [0, 0.05) is 13.1 Å². The number of aromatic nitrogens is 3. The van der Waals surface area contributed by atoms with Crippen molar-refractivity contribution in [3.8, 4) is 10.6 Å². The van der Waals surface area contributed by atoms with Gasteiger partial charge in [-0.25, -0.2) is 15.4 Å². The van der Waals surface area contributed by atoms with Crippen molar-refractivity contribution in [3.63, 3.8) is 0 Å². The summed E-state index contributed by atoms with van der Waals surface area (Å²) < 4.78 is 1.82. The number of anilines is 1. The number of thiophene rings is 1. The molecule has 0 spiro atoms. The number of rotatable bonds is 6. The van der Waals surface area contributed by atoms with Gasteiger partial charge in [-0.05, 0) is 42.8 Å². The Morgan fingerprint density at radius 2 is 2.03 bits per heavy atom. The van der Waals surface area contributed by atoms with Gasteiger partial charge in [0.15, 0.2) is 5.13 Å². The summed E-state index contributed by atoms with van der Waals surface area (Å²) in [7, 11) is 0. The molecule has 5 rings (SSSR count).